The Labute approximate surface area is 110 Å². The van der Waals surface area contributed by atoms with Crippen molar-refractivity contribution in [3.8, 4) is 0 Å². The van der Waals surface area contributed by atoms with Crippen LogP contribution in [0, 0.1) is 13.8 Å². The fourth-order valence-corrected chi connectivity index (χ4v) is 2.82. The molecule has 0 fully saturated rings. The zero-order valence-electron chi connectivity index (χ0n) is 10.2. The fourth-order valence-electron chi connectivity index (χ4n) is 2.22. The topological polar surface area (TPSA) is 43.8 Å². The van der Waals surface area contributed by atoms with E-state index in [-0.39, 0.29) is 6.04 Å². The van der Waals surface area contributed by atoms with Gasteiger partial charge in [-0.25, -0.2) is 0 Å². The van der Waals surface area contributed by atoms with Gasteiger partial charge in [-0.15, -0.1) is 0 Å². The van der Waals surface area contributed by atoms with E-state index in [1.807, 2.05) is 11.7 Å². The molecule has 1 aromatic carbocycles. The molecule has 2 N–H and O–H groups in total. The minimum atomic E-state index is -0.155. The number of nitrogens with zero attached hydrogens (tertiary/aromatic N) is 2. The van der Waals surface area contributed by atoms with Crippen molar-refractivity contribution in [2.24, 2.45) is 12.8 Å². The van der Waals surface area contributed by atoms with Crippen molar-refractivity contribution in [1.29, 1.82) is 0 Å². The van der Waals surface area contributed by atoms with Crippen LogP contribution in [-0.4, -0.2) is 9.78 Å². The summed E-state index contributed by atoms with van der Waals surface area (Å²) in [5.41, 5.74) is 11.0. The molecule has 4 heteroatoms. The summed E-state index contributed by atoms with van der Waals surface area (Å²) in [6.07, 6.45) is 1.78. The van der Waals surface area contributed by atoms with Crippen LogP contribution >= 0.6 is 15.9 Å². The normalized spacial score (nSPS) is 12.8. The van der Waals surface area contributed by atoms with E-state index in [1.54, 1.807) is 6.20 Å². The van der Waals surface area contributed by atoms with Crippen LogP contribution < -0.4 is 5.73 Å². The molecule has 0 spiro atoms. The van der Waals surface area contributed by atoms with Crippen LogP contribution in [0.2, 0.25) is 0 Å². The standard InChI is InChI=1S/C13H16BrN3/c1-8-5-4-6-9(2)11(8)12(15)13-10(14)7-16-17(13)3/h4-7,12H,15H2,1-3H3. The van der Waals surface area contributed by atoms with Gasteiger partial charge in [-0.2, -0.15) is 5.10 Å². The predicted molar refractivity (Wildman–Crippen MR) is 72.9 cm³/mol. The highest BCUT2D eigenvalue weighted by Gasteiger charge is 2.19. The van der Waals surface area contributed by atoms with Gasteiger partial charge < -0.3 is 5.73 Å². The molecule has 2 rings (SSSR count). The lowest BCUT2D eigenvalue weighted by Crippen LogP contribution is -2.18. The minimum absolute atomic E-state index is 0.155. The lowest BCUT2D eigenvalue weighted by molar-refractivity contribution is 0.668. The Balaban J connectivity index is 2.55. The lowest BCUT2D eigenvalue weighted by atomic mass is 9.95. The Hall–Kier alpha value is -1.13. The van der Waals surface area contributed by atoms with Crippen LogP contribution in [0.1, 0.15) is 28.4 Å². The molecule has 0 saturated heterocycles. The molecular formula is C13H16BrN3. The summed E-state index contributed by atoms with van der Waals surface area (Å²) in [5.74, 6) is 0. The van der Waals surface area contributed by atoms with Gasteiger partial charge in [0.15, 0.2) is 0 Å². The zero-order valence-corrected chi connectivity index (χ0v) is 11.8. The van der Waals surface area contributed by atoms with Gasteiger partial charge in [-0.05, 0) is 46.5 Å². The maximum atomic E-state index is 6.37. The van der Waals surface area contributed by atoms with E-state index in [0.717, 1.165) is 10.2 Å². The largest absolute Gasteiger partial charge is 0.319 e. The number of halogens is 1. The predicted octanol–water partition coefficient (Wildman–Crippen LogP) is 2.85. The van der Waals surface area contributed by atoms with E-state index < -0.39 is 0 Å². The van der Waals surface area contributed by atoms with Crippen LogP contribution in [0.15, 0.2) is 28.9 Å². The first kappa shape index (κ1) is 12.3. The Morgan fingerprint density at radius 3 is 2.35 bits per heavy atom. The lowest BCUT2D eigenvalue weighted by Gasteiger charge is -2.18. The van der Waals surface area contributed by atoms with Gasteiger partial charge in [-0.3, -0.25) is 4.68 Å². The average Bonchev–Trinajstić information content (AvgIpc) is 2.58. The SMILES string of the molecule is Cc1cccc(C)c1C(N)c1c(Br)cnn1C. The summed E-state index contributed by atoms with van der Waals surface area (Å²) >= 11 is 3.50. The van der Waals surface area contributed by atoms with Gasteiger partial charge in [-0.1, -0.05) is 18.2 Å². The molecule has 1 heterocycles. The second-order valence-corrected chi connectivity index (χ2v) is 5.14. The molecule has 3 nitrogen and oxygen atoms in total. The second kappa shape index (κ2) is 4.63. The molecule has 0 radical (unpaired) electrons. The highest BCUT2D eigenvalue weighted by atomic mass is 79.9. The summed E-state index contributed by atoms with van der Waals surface area (Å²) < 4.78 is 2.77. The van der Waals surface area contributed by atoms with E-state index in [1.165, 1.54) is 16.7 Å². The van der Waals surface area contributed by atoms with Crippen LogP contribution in [0.4, 0.5) is 0 Å². The zero-order chi connectivity index (χ0) is 12.6. The first-order valence-corrected chi connectivity index (χ1v) is 6.30. The van der Waals surface area contributed by atoms with E-state index in [2.05, 4.69) is 53.1 Å². The van der Waals surface area contributed by atoms with Crippen molar-refractivity contribution in [1.82, 2.24) is 9.78 Å². The van der Waals surface area contributed by atoms with Gasteiger partial charge in [0.05, 0.1) is 22.4 Å². The van der Waals surface area contributed by atoms with Gasteiger partial charge >= 0.3 is 0 Å². The van der Waals surface area contributed by atoms with Crippen LogP contribution in [0.3, 0.4) is 0 Å². The first-order chi connectivity index (χ1) is 8.02. The molecule has 1 unspecified atom stereocenters. The number of rotatable bonds is 2. The number of hydrogen-bond donors (Lipinski definition) is 1. The summed E-state index contributed by atoms with van der Waals surface area (Å²) in [7, 11) is 1.91. The van der Waals surface area contributed by atoms with Crippen molar-refractivity contribution in [3.63, 3.8) is 0 Å². The Morgan fingerprint density at radius 2 is 1.88 bits per heavy atom. The molecule has 2 aromatic rings. The highest BCUT2D eigenvalue weighted by Crippen LogP contribution is 2.29. The molecule has 17 heavy (non-hydrogen) atoms. The third kappa shape index (κ3) is 2.15. The highest BCUT2D eigenvalue weighted by molar-refractivity contribution is 9.10. The first-order valence-electron chi connectivity index (χ1n) is 5.51. The van der Waals surface area contributed by atoms with E-state index >= 15 is 0 Å². The molecule has 1 atom stereocenters. The van der Waals surface area contributed by atoms with E-state index in [9.17, 15) is 0 Å². The molecule has 0 aliphatic carbocycles. The van der Waals surface area contributed by atoms with Crippen molar-refractivity contribution in [2.75, 3.05) is 0 Å². The molecular weight excluding hydrogens is 278 g/mol. The Bertz CT molecular complexity index is 506. The summed E-state index contributed by atoms with van der Waals surface area (Å²) in [6, 6.07) is 6.08. The monoisotopic (exact) mass is 293 g/mol. The number of nitrogens with two attached hydrogens (primary N) is 1. The van der Waals surface area contributed by atoms with Gasteiger partial charge in [0.2, 0.25) is 0 Å². The maximum absolute atomic E-state index is 6.37. The Kier molecular flexibility index (Phi) is 3.35. The van der Waals surface area contributed by atoms with Crippen molar-refractivity contribution in [3.05, 3.63) is 51.3 Å². The average molecular weight is 294 g/mol. The van der Waals surface area contributed by atoms with Crippen LogP contribution in [0.25, 0.3) is 0 Å². The molecule has 0 bridgehead atoms. The molecule has 0 amide bonds. The second-order valence-electron chi connectivity index (χ2n) is 4.28. The Morgan fingerprint density at radius 1 is 1.29 bits per heavy atom. The summed E-state index contributed by atoms with van der Waals surface area (Å²) in [4.78, 5) is 0. The van der Waals surface area contributed by atoms with E-state index in [0.29, 0.717) is 0 Å². The number of aromatic nitrogens is 2. The van der Waals surface area contributed by atoms with Gasteiger partial charge in [0.25, 0.3) is 0 Å². The number of aryl methyl sites for hydroxylation is 3. The number of benzene rings is 1. The molecule has 90 valence electrons. The fraction of sp³-hybridized carbons (Fsp3) is 0.308. The maximum Gasteiger partial charge on any atom is 0.0739 e. The third-order valence-electron chi connectivity index (χ3n) is 3.09. The smallest absolute Gasteiger partial charge is 0.0739 e. The van der Waals surface area contributed by atoms with Crippen molar-refractivity contribution in [2.45, 2.75) is 19.9 Å². The van der Waals surface area contributed by atoms with Crippen LogP contribution in [-0.2, 0) is 7.05 Å². The van der Waals surface area contributed by atoms with Crippen molar-refractivity contribution < 1.29 is 0 Å². The third-order valence-corrected chi connectivity index (χ3v) is 3.70. The number of hydrogen-bond acceptors (Lipinski definition) is 2. The quantitative estimate of drug-likeness (QED) is 0.925. The van der Waals surface area contributed by atoms with Crippen molar-refractivity contribution >= 4 is 15.9 Å². The van der Waals surface area contributed by atoms with Gasteiger partial charge in [0.1, 0.15) is 0 Å². The summed E-state index contributed by atoms with van der Waals surface area (Å²) in [5, 5.41) is 4.21. The minimum Gasteiger partial charge on any atom is -0.319 e. The van der Waals surface area contributed by atoms with Gasteiger partial charge in [0, 0.05) is 7.05 Å². The molecule has 0 aliphatic heterocycles. The van der Waals surface area contributed by atoms with Crippen LogP contribution in [0.5, 0.6) is 0 Å². The molecule has 1 aromatic heterocycles. The summed E-state index contributed by atoms with van der Waals surface area (Å²) in [6.45, 7) is 4.18. The molecule has 0 aliphatic rings. The van der Waals surface area contributed by atoms with E-state index in [4.69, 9.17) is 5.73 Å². The molecule has 0 saturated carbocycles.